The Morgan fingerprint density at radius 3 is 2.69 bits per heavy atom. The number of benzene rings is 1. The van der Waals surface area contributed by atoms with Gasteiger partial charge in [-0.25, -0.2) is 0 Å². The van der Waals surface area contributed by atoms with Gasteiger partial charge in [-0.3, -0.25) is 4.79 Å². The third kappa shape index (κ3) is 4.29. The summed E-state index contributed by atoms with van der Waals surface area (Å²) in [5.41, 5.74) is 1.63. The largest absolute Gasteiger partial charge is 0.381 e. The Bertz CT molecular complexity index is 589. The number of carbonyl (C=O) groups excluding carboxylic acids is 1. The van der Waals surface area contributed by atoms with Crippen molar-refractivity contribution in [3.8, 4) is 0 Å². The minimum atomic E-state index is 0.256. The van der Waals surface area contributed by atoms with E-state index in [1.165, 1.54) is 31.4 Å². The van der Waals surface area contributed by atoms with Gasteiger partial charge in [-0.15, -0.1) is 0 Å². The van der Waals surface area contributed by atoms with Gasteiger partial charge < -0.3 is 14.5 Å². The van der Waals surface area contributed by atoms with E-state index in [0.29, 0.717) is 5.91 Å². The van der Waals surface area contributed by atoms with Gasteiger partial charge in [-0.05, 0) is 62.1 Å². The topological polar surface area (TPSA) is 32.8 Å². The molecule has 0 saturated carbocycles. The molecular weight excluding hydrogens is 324 g/mol. The van der Waals surface area contributed by atoms with E-state index in [-0.39, 0.29) is 5.41 Å². The average Bonchev–Trinajstić information content (AvgIpc) is 3.27. The van der Waals surface area contributed by atoms with E-state index in [0.717, 1.165) is 64.6 Å². The van der Waals surface area contributed by atoms with E-state index >= 15 is 0 Å². The summed E-state index contributed by atoms with van der Waals surface area (Å²) in [5.74, 6) is 1.11. The second-order valence-corrected chi connectivity index (χ2v) is 8.61. The Hall–Kier alpha value is -1.39. The fourth-order valence-electron chi connectivity index (χ4n) is 4.94. The molecule has 4 heteroatoms. The molecule has 3 saturated heterocycles. The molecule has 4 nitrogen and oxygen atoms in total. The SMILES string of the molecule is O=C1CC2(CCN(C[C@H]3CCOC3)CC2)CN1CCCc1ccccc1. The number of piperidine rings is 1. The van der Waals surface area contributed by atoms with Gasteiger partial charge in [0.25, 0.3) is 0 Å². The maximum Gasteiger partial charge on any atom is 0.223 e. The first kappa shape index (κ1) is 18.0. The number of aryl methyl sites for hydroxylation is 1. The first-order valence-electron chi connectivity index (χ1n) is 10.3. The highest BCUT2D eigenvalue weighted by Gasteiger charge is 2.44. The fourth-order valence-corrected chi connectivity index (χ4v) is 4.94. The molecule has 0 bridgehead atoms. The van der Waals surface area contributed by atoms with Crippen LogP contribution in [0.5, 0.6) is 0 Å². The molecule has 1 amide bonds. The van der Waals surface area contributed by atoms with Crippen LogP contribution in [0.3, 0.4) is 0 Å². The standard InChI is InChI=1S/C22H32N2O2/c25-21-15-22(9-12-23(13-10-22)16-20-8-14-26-17-20)18-24(21)11-4-7-19-5-2-1-3-6-19/h1-3,5-6,20H,4,7-18H2/t20-/m1/s1. The highest BCUT2D eigenvalue weighted by atomic mass is 16.5. The molecule has 3 aliphatic heterocycles. The molecule has 3 fully saturated rings. The van der Waals surface area contributed by atoms with E-state index in [2.05, 4.69) is 40.1 Å². The van der Waals surface area contributed by atoms with Crippen molar-refractivity contribution < 1.29 is 9.53 Å². The summed E-state index contributed by atoms with van der Waals surface area (Å²) in [4.78, 5) is 17.3. The van der Waals surface area contributed by atoms with Crippen LogP contribution in [0, 0.1) is 11.3 Å². The van der Waals surface area contributed by atoms with Gasteiger partial charge in [0, 0.05) is 32.7 Å². The quantitative estimate of drug-likeness (QED) is 0.786. The molecule has 0 radical (unpaired) electrons. The predicted molar refractivity (Wildman–Crippen MR) is 103 cm³/mol. The van der Waals surface area contributed by atoms with Gasteiger partial charge in [-0.2, -0.15) is 0 Å². The van der Waals surface area contributed by atoms with Crippen LogP contribution >= 0.6 is 0 Å². The summed E-state index contributed by atoms with van der Waals surface area (Å²) >= 11 is 0. The molecule has 0 aromatic heterocycles. The lowest BCUT2D eigenvalue weighted by molar-refractivity contribution is -0.127. The number of rotatable bonds is 6. The average molecular weight is 357 g/mol. The van der Waals surface area contributed by atoms with Crippen molar-refractivity contribution in [2.75, 3.05) is 45.9 Å². The molecule has 142 valence electrons. The van der Waals surface area contributed by atoms with Crippen LogP contribution in [0.2, 0.25) is 0 Å². The van der Waals surface area contributed by atoms with Gasteiger partial charge in [0.1, 0.15) is 0 Å². The maximum absolute atomic E-state index is 12.5. The Labute approximate surface area is 157 Å². The Kier molecular flexibility index (Phi) is 5.60. The van der Waals surface area contributed by atoms with E-state index in [1.807, 2.05) is 0 Å². The molecule has 4 rings (SSSR count). The van der Waals surface area contributed by atoms with E-state index in [4.69, 9.17) is 4.74 Å². The predicted octanol–water partition coefficient (Wildman–Crippen LogP) is 2.97. The van der Waals surface area contributed by atoms with E-state index < -0.39 is 0 Å². The van der Waals surface area contributed by atoms with Gasteiger partial charge >= 0.3 is 0 Å². The molecule has 0 aliphatic carbocycles. The molecule has 3 heterocycles. The van der Waals surface area contributed by atoms with E-state index in [1.54, 1.807) is 0 Å². The summed E-state index contributed by atoms with van der Waals surface area (Å²) in [7, 11) is 0. The third-order valence-corrected chi connectivity index (χ3v) is 6.60. The lowest BCUT2D eigenvalue weighted by Gasteiger charge is -2.39. The number of hydrogen-bond donors (Lipinski definition) is 0. The van der Waals surface area contributed by atoms with Crippen LogP contribution in [0.25, 0.3) is 0 Å². The van der Waals surface area contributed by atoms with Crippen LogP contribution in [0.15, 0.2) is 30.3 Å². The fraction of sp³-hybridized carbons (Fsp3) is 0.682. The Morgan fingerprint density at radius 1 is 1.15 bits per heavy atom. The Morgan fingerprint density at radius 2 is 1.96 bits per heavy atom. The molecule has 1 spiro atoms. The highest BCUT2D eigenvalue weighted by Crippen LogP contribution is 2.41. The van der Waals surface area contributed by atoms with Crippen molar-refractivity contribution in [3.63, 3.8) is 0 Å². The molecule has 1 aromatic carbocycles. The van der Waals surface area contributed by atoms with Crippen molar-refractivity contribution in [1.82, 2.24) is 9.80 Å². The molecule has 1 aromatic rings. The Balaban J connectivity index is 1.22. The molecule has 26 heavy (non-hydrogen) atoms. The minimum Gasteiger partial charge on any atom is -0.381 e. The summed E-state index contributed by atoms with van der Waals surface area (Å²) in [6.07, 6.45) is 6.49. The van der Waals surface area contributed by atoms with Gasteiger partial charge in [0.2, 0.25) is 5.91 Å². The van der Waals surface area contributed by atoms with Crippen molar-refractivity contribution in [3.05, 3.63) is 35.9 Å². The summed E-state index contributed by atoms with van der Waals surface area (Å²) in [5, 5.41) is 0. The number of nitrogens with zero attached hydrogens (tertiary/aromatic N) is 2. The summed E-state index contributed by atoms with van der Waals surface area (Å²) < 4.78 is 5.51. The number of hydrogen-bond acceptors (Lipinski definition) is 3. The molecule has 1 atom stereocenters. The van der Waals surface area contributed by atoms with Crippen LogP contribution in [-0.2, 0) is 16.0 Å². The monoisotopic (exact) mass is 356 g/mol. The smallest absolute Gasteiger partial charge is 0.223 e. The van der Waals surface area contributed by atoms with Gasteiger partial charge in [-0.1, -0.05) is 30.3 Å². The minimum absolute atomic E-state index is 0.256. The van der Waals surface area contributed by atoms with Crippen LogP contribution in [0.4, 0.5) is 0 Å². The number of ether oxygens (including phenoxy) is 1. The third-order valence-electron chi connectivity index (χ3n) is 6.60. The summed E-state index contributed by atoms with van der Waals surface area (Å²) in [6.45, 7) is 7.28. The first-order valence-corrected chi connectivity index (χ1v) is 10.3. The number of amides is 1. The molecule has 3 aliphatic rings. The van der Waals surface area contributed by atoms with Gasteiger partial charge in [0.05, 0.1) is 6.61 Å². The lowest BCUT2D eigenvalue weighted by Crippen LogP contribution is -2.43. The highest BCUT2D eigenvalue weighted by molar-refractivity contribution is 5.79. The van der Waals surface area contributed by atoms with Gasteiger partial charge in [0.15, 0.2) is 0 Å². The zero-order chi connectivity index (χ0) is 17.8. The zero-order valence-electron chi connectivity index (χ0n) is 15.9. The van der Waals surface area contributed by atoms with Crippen molar-refractivity contribution in [2.45, 2.75) is 38.5 Å². The summed E-state index contributed by atoms with van der Waals surface area (Å²) in [6, 6.07) is 10.6. The number of likely N-dealkylation sites (tertiary alicyclic amines) is 2. The number of carbonyl (C=O) groups is 1. The van der Waals surface area contributed by atoms with E-state index in [9.17, 15) is 4.79 Å². The van der Waals surface area contributed by atoms with Crippen LogP contribution in [-0.4, -0.2) is 61.6 Å². The zero-order valence-corrected chi connectivity index (χ0v) is 15.9. The second kappa shape index (κ2) is 8.10. The maximum atomic E-state index is 12.5. The molecule has 0 unspecified atom stereocenters. The molecule has 0 N–H and O–H groups in total. The van der Waals surface area contributed by atoms with Crippen molar-refractivity contribution >= 4 is 5.91 Å². The van der Waals surface area contributed by atoms with Crippen LogP contribution < -0.4 is 0 Å². The van der Waals surface area contributed by atoms with Crippen molar-refractivity contribution in [1.29, 1.82) is 0 Å². The normalized spacial score (nSPS) is 26.1. The molecular formula is C22H32N2O2. The van der Waals surface area contributed by atoms with Crippen LogP contribution in [0.1, 0.15) is 37.7 Å². The lowest BCUT2D eigenvalue weighted by atomic mass is 9.77. The van der Waals surface area contributed by atoms with Crippen molar-refractivity contribution in [2.24, 2.45) is 11.3 Å². The second-order valence-electron chi connectivity index (χ2n) is 8.61. The first-order chi connectivity index (χ1) is 12.7.